The van der Waals surface area contributed by atoms with Gasteiger partial charge in [-0.2, -0.15) is 0 Å². The summed E-state index contributed by atoms with van der Waals surface area (Å²) in [6, 6.07) is 0. The summed E-state index contributed by atoms with van der Waals surface area (Å²) in [6.45, 7) is 3.23. The first-order valence-electron chi connectivity index (χ1n) is 1.77. The summed E-state index contributed by atoms with van der Waals surface area (Å²) in [5.41, 5.74) is 6.49. The van der Waals surface area contributed by atoms with Crippen LogP contribution in [0.4, 0.5) is 0 Å². The minimum atomic E-state index is 0.344. The van der Waals surface area contributed by atoms with Gasteiger partial charge in [0, 0.05) is 0 Å². The molecule has 0 atom stereocenters. The van der Waals surface area contributed by atoms with Gasteiger partial charge in [-0.15, -0.1) is 0 Å². The van der Waals surface area contributed by atoms with Crippen LogP contribution in [-0.2, 0) is 0 Å². The van der Waals surface area contributed by atoms with Crippen molar-refractivity contribution in [2.24, 2.45) is 0 Å². The molecular weight excluding hydrogens is 64.0 g/mol. The molecule has 0 aliphatic carbocycles. The Labute approximate surface area is 32.4 Å². The predicted molar refractivity (Wildman–Crippen MR) is 21.6 cm³/mol. The van der Waals surface area contributed by atoms with Crippen LogP contribution in [0.25, 0.3) is 0 Å². The maximum atomic E-state index is 6.49. The van der Waals surface area contributed by atoms with Gasteiger partial charge in [0.05, 0.1) is 6.67 Å². The Hall–Kier alpha value is -0.0800. The molecule has 0 aromatic carbocycles. The minimum absolute atomic E-state index is 0.344. The van der Waals surface area contributed by atoms with E-state index in [1.807, 2.05) is 6.92 Å². The summed E-state index contributed by atoms with van der Waals surface area (Å²) in [5.74, 6) is 0. The van der Waals surface area contributed by atoms with Crippen LogP contribution in [-0.4, -0.2) is 13.2 Å². The summed E-state index contributed by atoms with van der Waals surface area (Å²) < 4.78 is 0. The molecule has 0 aromatic heterocycles. The molecule has 0 unspecified atom stereocenters. The van der Waals surface area contributed by atoms with Gasteiger partial charge in [0.2, 0.25) is 0 Å². The van der Waals surface area contributed by atoms with Crippen LogP contribution in [0.1, 0.15) is 6.92 Å². The van der Waals surface area contributed by atoms with E-state index in [9.17, 15) is 0 Å². The van der Waals surface area contributed by atoms with Crippen molar-refractivity contribution in [1.82, 2.24) is 11.1 Å². The third kappa shape index (κ3) is 3.92. The van der Waals surface area contributed by atoms with Crippen molar-refractivity contribution in [3.8, 4) is 0 Å². The second kappa shape index (κ2) is 3.92. The van der Waals surface area contributed by atoms with Gasteiger partial charge in [-0.3, -0.25) is 0 Å². The average molecular weight is 73.1 g/mol. The zero-order valence-corrected chi connectivity index (χ0v) is 3.41. The normalized spacial score (nSPS) is 8.40. The van der Waals surface area contributed by atoms with Crippen LogP contribution >= 0.6 is 0 Å². The monoisotopic (exact) mass is 73.1 g/mol. The maximum Gasteiger partial charge on any atom is 0.0590 e. The lowest BCUT2D eigenvalue weighted by Crippen LogP contribution is -2.13. The van der Waals surface area contributed by atoms with Gasteiger partial charge in [-0.05, 0) is 6.54 Å². The van der Waals surface area contributed by atoms with Gasteiger partial charge in [-0.25, -0.2) is 5.73 Å². The van der Waals surface area contributed by atoms with E-state index < -0.39 is 0 Å². The molecule has 2 heteroatoms. The molecule has 0 saturated carbocycles. The third-order valence-corrected chi connectivity index (χ3v) is 0.375. The molecule has 5 heavy (non-hydrogen) atoms. The van der Waals surface area contributed by atoms with Crippen molar-refractivity contribution in [2.45, 2.75) is 6.92 Å². The largest absolute Gasteiger partial charge is 0.304 e. The number of nitrogens with one attached hydrogen (secondary N) is 2. The molecule has 0 amide bonds. The molecule has 0 fully saturated rings. The molecule has 0 aliphatic rings. The quantitative estimate of drug-likeness (QED) is 0.484. The SMILES string of the molecule is CCNC[NH]. The van der Waals surface area contributed by atoms with E-state index >= 15 is 0 Å². The lowest BCUT2D eigenvalue weighted by molar-refractivity contribution is 0.729. The van der Waals surface area contributed by atoms with Crippen molar-refractivity contribution in [1.29, 1.82) is 0 Å². The highest BCUT2D eigenvalue weighted by Gasteiger charge is 1.63. The second-order valence-electron chi connectivity index (χ2n) is 0.780. The molecule has 2 nitrogen and oxygen atoms in total. The first-order chi connectivity index (χ1) is 2.41. The molecule has 1 radical (unpaired) electrons. The van der Waals surface area contributed by atoms with Crippen LogP contribution < -0.4 is 11.1 Å². The van der Waals surface area contributed by atoms with Gasteiger partial charge >= 0.3 is 0 Å². The highest BCUT2D eigenvalue weighted by atomic mass is 14.9. The molecule has 0 saturated heterocycles. The fraction of sp³-hybridized carbons (Fsp3) is 1.00. The topological polar surface area (TPSA) is 35.8 Å². The first kappa shape index (κ1) is 4.92. The van der Waals surface area contributed by atoms with Crippen molar-refractivity contribution in [2.75, 3.05) is 13.2 Å². The molecule has 0 rings (SSSR count). The number of hydrogen-bond acceptors (Lipinski definition) is 1. The van der Waals surface area contributed by atoms with Crippen LogP contribution in [0.15, 0.2) is 0 Å². The number of hydrogen-bond donors (Lipinski definition) is 1. The molecule has 31 valence electrons. The van der Waals surface area contributed by atoms with Crippen LogP contribution in [0, 0.1) is 0 Å². The van der Waals surface area contributed by atoms with Crippen molar-refractivity contribution < 1.29 is 0 Å². The third-order valence-electron chi connectivity index (χ3n) is 0.375. The summed E-state index contributed by atoms with van der Waals surface area (Å²) in [7, 11) is 0. The van der Waals surface area contributed by atoms with E-state index in [1.165, 1.54) is 0 Å². The van der Waals surface area contributed by atoms with Crippen LogP contribution in [0.5, 0.6) is 0 Å². The molecule has 0 aromatic rings. The van der Waals surface area contributed by atoms with E-state index in [1.54, 1.807) is 0 Å². The fourth-order valence-corrected chi connectivity index (χ4v) is 0.125. The Morgan fingerprint density at radius 3 is 2.40 bits per heavy atom. The molecule has 0 bridgehead atoms. The molecule has 0 aliphatic heterocycles. The van der Waals surface area contributed by atoms with Crippen molar-refractivity contribution >= 4 is 0 Å². The van der Waals surface area contributed by atoms with E-state index in [4.69, 9.17) is 5.73 Å². The summed E-state index contributed by atoms with van der Waals surface area (Å²) >= 11 is 0. The van der Waals surface area contributed by atoms with Gasteiger partial charge in [-0.1, -0.05) is 6.92 Å². The van der Waals surface area contributed by atoms with Gasteiger partial charge < -0.3 is 5.32 Å². The standard InChI is InChI=1S/C3H9N2/c1-2-5-3-4/h4-5H,2-3H2,1H3. The van der Waals surface area contributed by atoms with Gasteiger partial charge in [0.1, 0.15) is 0 Å². The van der Waals surface area contributed by atoms with E-state index in [-0.39, 0.29) is 0 Å². The molecule has 2 N–H and O–H groups in total. The van der Waals surface area contributed by atoms with Crippen LogP contribution in [0.3, 0.4) is 0 Å². The molecule has 0 spiro atoms. The van der Waals surface area contributed by atoms with Crippen molar-refractivity contribution in [3.63, 3.8) is 0 Å². The fourth-order valence-electron chi connectivity index (χ4n) is 0.125. The van der Waals surface area contributed by atoms with Crippen molar-refractivity contribution in [3.05, 3.63) is 0 Å². The summed E-state index contributed by atoms with van der Waals surface area (Å²) in [4.78, 5) is 0. The smallest absolute Gasteiger partial charge is 0.0590 e. The lowest BCUT2D eigenvalue weighted by atomic mass is 10.8. The van der Waals surface area contributed by atoms with Gasteiger partial charge in [0.25, 0.3) is 0 Å². The zero-order valence-electron chi connectivity index (χ0n) is 3.41. The highest BCUT2D eigenvalue weighted by Crippen LogP contribution is 1.42. The second-order valence-corrected chi connectivity index (χ2v) is 0.780. The van der Waals surface area contributed by atoms with Crippen LogP contribution in [0.2, 0.25) is 0 Å². The molecule has 0 heterocycles. The van der Waals surface area contributed by atoms with E-state index in [2.05, 4.69) is 5.32 Å². The Morgan fingerprint density at radius 2 is 2.40 bits per heavy atom. The average Bonchev–Trinajstić information content (AvgIpc) is 1.41. The highest BCUT2D eigenvalue weighted by molar-refractivity contribution is 4.25. The molecular formula is C3H9N2. The number of rotatable bonds is 2. The Morgan fingerprint density at radius 1 is 1.80 bits per heavy atom. The van der Waals surface area contributed by atoms with E-state index in [0.717, 1.165) is 6.54 Å². The lowest BCUT2D eigenvalue weighted by Gasteiger charge is -1.85. The first-order valence-corrected chi connectivity index (χ1v) is 1.77. The minimum Gasteiger partial charge on any atom is -0.304 e. The summed E-state index contributed by atoms with van der Waals surface area (Å²) in [5, 5.41) is 2.78. The maximum absolute atomic E-state index is 6.49. The Kier molecular flexibility index (Phi) is 3.86. The summed E-state index contributed by atoms with van der Waals surface area (Å²) in [6.07, 6.45) is 0. The van der Waals surface area contributed by atoms with E-state index in [0.29, 0.717) is 6.67 Å². The van der Waals surface area contributed by atoms with Gasteiger partial charge in [0.15, 0.2) is 0 Å². The zero-order chi connectivity index (χ0) is 4.12. The Balaban J connectivity index is 2.19. The Bertz CT molecular complexity index is 12.4. The predicted octanol–water partition coefficient (Wildman–Crippen LogP) is -0.164.